The second-order valence-corrected chi connectivity index (χ2v) is 5.39. The van der Waals surface area contributed by atoms with Gasteiger partial charge in [-0.2, -0.15) is 0 Å². The number of rotatable bonds is 7. The van der Waals surface area contributed by atoms with Crippen molar-refractivity contribution in [2.75, 3.05) is 25.7 Å². The van der Waals surface area contributed by atoms with Gasteiger partial charge in [-0.05, 0) is 43.5 Å². The summed E-state index contributed by atoms with van der Waals surface area (Å²) >= 11 is 0. The van der Waals surface area contributed by atoms with E-state index in [0.29, 0.717) is 12.6 Å². The van der Waals surface area contributed by atoms with E-state index in [1.807, 2.05) is 18.0 Å². The largest absolute Gasteiger partial charge is 0.383 e. The number of methoxy groups -OCH3 is 1. The van der Waals surface area contributed by atoms with Crippen LogP contribution in [-0.4, -0.2) is 32.8 Å². The average Bonchev–Trinajstić information content (AvgIpc) is 3.19. The van der Waals surface area contributed by atoms with Gasteiger partial charge in [0.1, 0.15) is 5.82 Å². The maximum atomic E-state index is 13.7. The highest BCUT2D eigenvalue weighted by atomic mass is 19.1. The predicted molar refractivity (Wildman–Crippen MR) is 76.0 cm³/mol. The first-order chi connectivity index (χ1) is 9.10. The number of likely N-dealkylation sites (N-methyl/N-ethyl adjacent to an activating group) is 1. The van der Waals surface area contributed by atoms with Crippen LogP contribution in [0, 0.1) is 5.82 Å². The zero-order valence-electron chi connectivity index (χ0n) is 11.9. The Morgan fingerprint density at radius 3 is 2.79 bits per heavy atom. The molecule has 1 saturated carbocycles. The highest BCUT2D eigenvalue weighted by molar-refractivity contribution is 5.49. The van der Waals surface area contributed by atoms with Crippen molar-refractivity contribution in [3.05, 3.63) is 29.6 Å². The van der Waals surface area contributed by atoms with Crippen LogP contribution in [0.4, 0.5) is 10.1 Å². The summed E-state index contributed by atoms with van der Waals surface area (Å²) in [7, 11) is 3.65. The summed E-state index contributed by atoms with van der Waals surface area (Å²) in [5.74, 6) is -0.179. The fourth-order valence-corrected chi connectivity index (χ4v) is 2.10. The second-order valence-electron chi connectivity index (χ2n) is 5.39. The summed E-state index contributed by atoms with van der Waals surface area (Å²) in [6.07, 6.45) is 2.49. The van der Waals surface area contributed by atoms with E-state index < -0.39 is 0 Å². The zero-order chi connectivity index (χ0) is 13.8. The Hall–Kier alpha value is -1.13. The third-order valence-corrected chi connectivity index (χ3v) is 3.59. The van der Waals surface area contributed by atoms with E-state index in [1.165, 1.54) is 12.8 Å². The summed E-state index contributed by atoms with van der Waals surface area (Å²) < 4.78 is 18.8. The number of anilines is 1. The molecule has 1 aliphatic rings. The van der Waals surface area contributed by atoms with Crippen LogP contribution in [0.15, 0.2) is 18.2 Å². The van der Waals surface area contributed by atoms with Gasteiger partial charge in [-0.25, -0.2) is 4.39 Å². The lowest BCUT2D eigenvalue weighted by molar-refractivity contribution is 0.183. The standard InChI is InChI=1S/C15H23FN2O/c1-11(10-19-3)18(2)15-7-12(6-13(16)8-15)9-17-14-4-5-14/h6-8,11,14,17H,4-5,9-10H2,1-3H3. The first-order valence-corrected chi connectivity index (χ1v) is 6.84. The van der Waals surface area contributed by atoms with Crippen molar-refractivity contribution in [2.24, 2.45) is 0 Å². The lowest BCUT2D eigenvalue weighted by Crippen LogP contribution is -2.32. The maximum absolute atomic E-state index is 13.7. The first kappa shape index (κ1) is 14.3. The molecule has 0 heterocycles. The van der Waals surface area contributed by atoms with Crippen molar-refractivity contribution < 1.29 is 9.13 Å². The normalized spacial score (nSPS) is 16.4. The Labute approximate surface area is 114 Å². The van der Waals surface area contributed by atoms with E-state index in [1.54, 1.807) is 19.2 Å². The van der Waals surface area contributed by atoms with Gasteiger partial charge < -0.3 is 15.0 Å². The van der Waals surface area contributed by atoms with E-state index in [2.05, 4.69) is 12.2 Å². The molecule has 4 heteroatoms. The summed E-state index contributed by atoms with van der Waals surface area (Å²) in [6.45, 7) is 3.43. The summed E-state index contributed by atoms with van der Waals surface area (Å²) in [5.41, 5.74) is 1.90. The van der Waals surface area contributed by atoms with E-state index in [0.717, 1.165) is 17.8 Å². The Kier molecular flexibility index (Phi) is 4.77. The number of halogens is 1. The van der Waals surface area contributed by atoms with Crippen molar-refractivity contribution in [1.82, 2.24) is 5.32 Å². The monoisotopic (exact) mass is 266 g/mol. The second kappa shape index (κ2) is 6.35. The van der Waals surface area contributed by atoms with Gasteiger partial charge in [-0.15, -0.1) is 0 Å². The van der Waals surface area contributed by atoms with Crippen LogP contribution >= 0.6 is 0 Å². The smallest absolute Gasteiger partial charge is 0.125 e. The topological polar surface area (TPSA) is 24.5 Å². The molecular weight excluding hydrogens is 243 g/mol. The molecule has 0 radical (unpaired) electrons. The Morgan fingerprint density at radius 2 is 2.16 bits per heavy atom. The number of benzene rings is 1. The molecule has 0 amide bonds. The Bertz CT molecular complexity index is 421. The zero-order valence-corrected chi connectivity index (χ0v) is 11.9. The molecule has 1 unspecified atom stereocenters. The van der Waals surface area contributed by atoms with E-state index in [-0.39, 0.29) is 11.9 Å². The van der Waals surface area contributed by atoms with Gasteiger partial charge in [0, 0.05) is 38.5 Å². The lowest BCUT2D eigenvalue weighted by Gasteiger charge is -2.27. The van der Waals surface area contributed by atoms with Crippen LogP contribution in [0.5, 0.6) is 0 Å². The molecule has 2 rings (SSSR count). The minimum atomic E-state index is -0.179. The van der Waals surface area contributed by atoms with Gasteiger partial charge in [0.15, 0.2) is 0 Å². The third-order valence-electron chi connectivity index (χ3n) is 3.59. The van der Waals surface area contributed by atoms with Crippen LogP contribution in [0.25, 0.3) is 0 Å². The molecule has 1 aliphatic carbocycles. The molecular formula is C15H23FN2O. The van der Waals surface area contributed by atoms with Gasteiger partial charge >= 0.3 is 0 Å². The molecule has 1 aromatic carbocycles. The number of nitrogens with one attached hydrogen (secondary N) is 1. The molecule has 106 valence electrons. The van der Waals surface area contributed by atoms with Gasteiger partial charge in [0.25, 0.3) is 0 Å². The van der Waals surface area contributed by atoms with Crippen LogP contribution < -0.4 is 10.2 Å². The third kappa shape index (κ3) is 4.18. The fraction of sp³-hybridized carbons (Fsp3) is 0.600. The molecule has 0 bridgehead atoms. The Morgan fingerprint density at radius 1 is 1.42 bits per heavy atom. The molecule has 0 spiro atoms. The number of ether oxygens (including phenoxy) is 1. The molecule has 0 aliphatic heterocycles. The molecule has 0 saturated heterocycles. The molecule has 1 atom stereocenters. The average molecular weight is 266 g/mol. The van der Waals surface area contributed by atoms with Gasteiger partial charge in [0.2, 0.25) is 0 Å². The predicted octanol–water partition coefficient (Wildman–Crippen LogP) is 2.55. The van der Waals surface area contributed by atoms with Crippen LogP contribution in [0.3, 0.4) is 0 Å². The minimum Gasteiger partial charge on any atom is -0.383 e. The highest BCUT2D eigenvalue weighted by Gasteiger charge is 2.20. The van der Waals surface area contributed by atoms with Gasteiger partial charge in [-0.1, -0.05) is 0 Å². The van der Waals surface area contributed by atoms with E-state index in [4.69, 9.17) is 4.74 Å². The van der Waals surface area contributed by atoms with Gasteiger partial charge in [0.05, 0.1) is 6.61 Å². The lowest BCUT2D eigenvalue weighted by atomic mass is 10.1. The van der Waals surface area contributed by atoms with Crippen molar-refractivity contribution in [2.45, 2.75) is 38.4 Å². The number of hydrogen-bond donors (Lipinski definition) is 1. The summed E-state index contributed by atoms with van der Waals surface area (Å²) in [5, 5.41) is 3.41. The van der Waals surface area contributed by atoms with Crippen molar-refractivity contribution >= 4 is 5.69 Å². The van der Waals surface area contributed by atoms with Crippen LogP contribution in [0.1, 0.15) is 25.3 Å². The maximum Gasteiger partial charge on any atom is 0.125 e. The Balaban J connectivity index is 2.05. The van der Waals surface area contributed by atoms with E-state index >= 15 is 0 Å². The van der Waals surface area contributed by atoms with Crippen LogP contribution in [0.2, 0.25) is 0 Å². The molecule has 1 fully saturated rings. The summed E-state index contributed by atoms with van der Waals surface area (Å²) in [6, 6.07) is 6.08. The van der Waals surface area contributed by atoms with Crippen LogP contribution in [-0.2, 0) is 11.3 Å². The highest BCUT2D eigenvalue weighted by Crippen LogP contribution is 2.22. The molecule has 3 nitrogen and oxygen atoms in total. The number of hydrogen-bond acceptors (Lipinski definition) is 3. The van der Waals surface area contributed by atoms with Crippen molar-refractivity contribution in [3.63, 3.8) is 0 Å². The van der Waals surface area contributed by atoms with Crippen molar-refractivity contribution in [3.8, 4) is 0 Å². The molecule has 1 N–H and O–H groups in total. The minimum absolute atomic E-state index is 0.179. The quantitative estimate of drug-likeness (QED) is 0.821. The molecule has 0 aromatic heterocycles. The number of nitrogens with zero attached hydrogens (tertiary/aromatic N) is 1. The SMILES string of the molecule is COCC(C)N(C)c1cc(F)cc(CNC2CC2)c1. The molecule has 1 aromatic rings. The first-order valence-electron chi connectivity index (χ1n) is 6.84. The summed E-state index contributed by atoms with van der Waals surface area (Å²) in [4.78, 5) is 2.05. The fourth-order valence-electron chi connectivity index (χ4n) is 2.10. The van der Waals surface area contributed by atoms with Crippen molar-refractivity contribution in [1.29, 1.82) is 0 Å². The van der Waals surface area contributed by atoms with Gasteiger partial charge in [-0.3, -0.25) is 0 Å². The molecule has 19 heavy (non-hydrogen) atoms. The van der Waals surface area contributed by atoms with E-state index in [9.17, 15) is 4.39 Å².